The van der Waals surface area contributed by atoms with Gasteiger partial charge >= 0.3 is 24.4 Å². The third kappa shape index (κ3) is 6.32. The van der Waals surface area contributed by atoms with Crippen LogP contribution in [0.25, 0.3) is 11.1 Å². The van der Waals surface area contributed by atoms with Gasteiger partial charge in [-0.25, -0.2) is 35.8 Å². The maximum absolute atomic E-state index is 14.4. The van der Waals surface area contributed by atoms with Crippen molar-refractivity contribution < 1.29 is 89.2 Å². The minimum Gasteiger partial charge on any atom is -0.478 e. The molecule has 2 rings (SSSR count). The second-order valence-electron chi connectivity index (χ2n) is 7.45. The summed E-state index contributed by atoms with van der Waals surface area (Å²) in [7, 11) is 0.482. The number of hydrogen-bond acceptors (Lipinski definition) is 4. The molecule has 226 valence electrons. The Labute approximate surface area is 211 Å². The molecular weight excluding hydrogens is 608 g/mol. The number of hydrogen-bond donors (Lipinski definition) is 0. The van der Waals surface area contributed by atoms with Gasteiger partial charge in [0.15, 0.2) is 47.3 Å². The van der Waals surface area contributed by atoms with Gasteiger partial charge in [-0.3, -0.25) is 0 Å². The summed E-state index contributed by atoms with van der Waals surface area (Å²) >= 11 is 0. The Hall–Kier alpha value is -3.00. The van der Waals surface area contributed by atoms with E-state index in [0.717, 1.165) is 0 Å². The molecule has 0 saturated carbocycles. The topological polar surface area (TPSA) is 36.9 Å². The van der Waals surface area contributed by atoms with Crippen LogP contribution in [0.4, 0.5) is 70.2 Å². The molecule has 0 radical (unpaired) electrons. The molecule has 0 saturated heterocycles. The van der Waals surface area contributed by atoms with Gasteiger partial charge in [-0.1, -0.05) is 0 Å². The maximum Gasteiger partial charge on any atom is 0.453 e. The first-order chi connectivity index (χ1) is 18.0. The normalized spacial score (nSPS) is 13.2. The standard InChI is InChI=1S/C20H10F16O4/c1-5-8(21)10(23)6(11(24)9(5)22)7-12(25)14(27)16(15(28)13(7)26)38-4-18(31,32)40-20(35,36)19(33,34)39-17(29,30)3-37-2/h3-4H2,1-2H3. The van der Waals surface area contributed by atoms with Gasteiger partial charge in [-0.05, 0) is 6.92 Å². The molecule has 0 aliphatic carbocycles. The SMILES string of the molecule is COCC(F)(F)OC(F)(F)C(F)(F)OC(F)(F)COc1c(F)c(F)c(-c2c(F)c(F)c(C)c(F)c2F)c(F)c1F. The fourth-order valence-corrected chi connectivity index (χ4v) is 2.80. The first-order valence-corrected chi connectivity index (χ1v) is 9.74. The predicted octanol–water partition coefficient (Wildman–Crippen LogP) is 7.20. The average Bonchev–Trinajstić information content (AvgIpc) is 2.80. The van der Waals surface area contributed by atoms with Gasteiger partial charge in [0.05, 0.1) is 11.1 Å². The molecule has 0 atom stereocenters. The van der Waals surface area contributed by atoms with Crippen molar-refractivity contribution in [1.82, 2.24) is 0 Å². The molecule has 0 aromatic heterocycles. The van der Waals surface area contributed by atoms with E-state index in [1.54, 1.807) is 0 Å². The van der Waals surface area contributed by atoms with E-state index in [1.165, 1.54) is 0 Å². The van der Waals surface area contributed by atoms with E-state index in [-0.39, 0.29) is 0 Å². The summed E-state index contributed by atoms with van der Waals surface area (Å²) in [5.41, 5.74) is -6.14. The molecule has 0 N–H and O–H groups in total. The van der Waals surface area contributed by atoms with E-state index < -0.39 is 107 Å². The summed E-state index contributed by atoms with van der Waals surface area (Å²) < 4.78 is 232. The zero-order chi connectivity index (χ0) is 31.2. The van der Waals surface area contributed by atoms with Crippen LogP contribution in [-0.4, -0.2) is 44.8 Å². The molecule has 0 heterocycles. The summed E-state index contributed by atoms with van der Waals surface area (Å²) in [6.45, 7) is -4.60. The van der Waals surface area contributed by atoms with Crippen LogP contribution in [0.1, 0.15) is 5.56 Å². The number of benzene rings is 2. The lowest BCUT2D eigenvalue weighted by molar-refractivity contribution is -0.515. The van der Waals surface area contributed by atoms with Gasteiger partial charge in [-0.15, -0.1) is 0 Å². The quantitative estimate of drug-likeness (QED) is 0.197. The van der Waals surface area contributed by atoms with E-state index in [2.05, 4.69) is 18.9 Å². The van der Waals surface area contributed by atoms with Crippen LogP contribution < -0.4 is 4.74 Å². The van der Waals surface area contributed by atoms with Crippen molar-refractivity contribution in [2.75, 3.05) is 20.3 Å². The van der Waals surface area contributed by atoms with Gasteiger partial charge in [-0.2, -0.15) is 43.9 Å². The molecular formula is C20H10F16O4. The van der Waals surface area contributed by atoms with Gasteiger partial charge in [0.2, 0.25) is 11.6 Å². The summed E-state index contributed by atoms with van der Waals surface area (Å²) in [6, 6.07) is 0. The molecule has 20 heteroatoms. The van der Waals surface area contributed by atoms with Crippen LogP contribution in [0, 0.1) is 53.5 Å². The van der Waals surface area contributed by atoms with Gasteiger partial charge < -0.3 is 9.47 Å². The summed E-state index contributed by atoms with van der Waals surface area (Å²) in [5.74, 6) is -23.9. The van der Waals surface area contributed by atoms with Gasteiger partial charge in [0, 0.05) is 12.7 Å². The molecule has 40 heavy (non-hydrogen) atoms. The highest BCUT2D eigenvalue weighted by atomic mass is 19.3. The molecule has 0 amide bonds. The molecule has 0 aliphatic heterocycles. The van der Waals surface area contributed by atoms with E-state index in [4.69, 9.17) is 0 Å². The molecule has 0 fully saturated rings. The van der Waals surface area contributed by atoms with Crippen molar-refractivity contribution in [3.8, 4) is 16.9 Å². The second kappa shape index (κ2) is 11.1. The Bertz CT molecular complexity index is 1220. The largest absolute Gasteiger partial charge is 0.478 e. The number of methoxy groups -OCH3 is 1. The number of alkyl halides is 8. The van der Waals surface area contributed by atoms with Crippen LogP contribution in [0.15, 0.2) is 0 Å². The molecule has 4 nitrogen and oxygen atoms in total. The third-order valence-corrected chi connectivity index (χ3v) is 4.55. The Morgan fingerprint density at radius 2 is 0.825 bits per heavy atom. The highest BCUT2D eigenvalue weighted by Crippen LogP contribution is 2.44. The van der Waals surface area contributed by atoms with Crippen molar-refractivity contribution >= 4 is 0 Å². The maximum atomic E-state index is 14.4. The molecule has 0 aliphatic rings. The zero-order valence-electron chi connectivity index (χ0n) is 19.1. The van der Waals surface area contributed by atoms with Crippen LogP contribution in [0.3, 0.4) is 0 Å². The Kier molecular flexibility index (Phi) is 9.22. The average molecular weight is 618 g/mol. The fourth-order valence-electron chi connectivity index (χ4n) is 2.80. The zero-order valence-corrected chi connectivity index (χ0v) is 19.1. The van der Waals surface area contributed by atoms with Crippen molar-refractivity contribution in [2.45, 2.75) is 31.4 Å². The van der Waals surface area contributed by atoms with Crippen LogP contribution in [-0.2, 0) is 14.2 Å². The Morgan fingerprint density at radius 3 is 1.18 bits per heavy atom. The summed E-state index contributed by atoms with van der Waals surface area (Å²) in [5, 5.41) is 0. The van der Waals surface area contributed by atoms with Gasteiger partial charge in [0.25, 0.3) is 0 Å². The third-order valence-electron chi connectivity index (χ3n) is 4.55. The lowest BCUT2D eigenvalue weighted by atomic mass is 9.99. The van der Waals surface area contributed by atoms with Crippen molar-refractivity contribution in [3.63, 3.8) is 0 Å². The summed E-state index contributed by atoms with van der Waals surface area (Å²) in [6.07, 6.45) is -24.2. The van der Waals surface area contributed by atoms with Crippen molar-refractivity contribution in [1.29, 1.82) is 0 Å². The number of ether oxygens (including phenoxy) is 4. The smallest absolute Gasteiger partial charge is 0.453 e. The van der Waals surface area contributed by atoms with Gasteiger partial charge in [0.1, 0.15) is 6.61 Å². The van der Waals surface area contributed by atoms with E-state index in [1.807, 2.05) is 0 Å². The highest BCUT2D eigenvalue weighted by Gasteiger charge is 2.67. The van der Waals surface area contributed by atoms with E-state index in [0.29, 0.717) is 14.0 Å². The first kappa shape index (κ1) is 33.2. The minimum atomic E-state index is -6.64. The van der Waals surface area contributed by atoms with Crippen LogP contribution in [0.2, 0.25) is 0 Å². The van der Waals surface area contributed by atoms with E-state index in [9.17, 15) is 70.2 Å². The Balaban J connectivity index is 2.42. The minimum absolute atomic E-state index is 0.463. The Morgan fingerprint density at radius 1 is 0.500 bits per heavy atom. The lowest BCUT2D eigenvalue weighted by Gasteiger charge is -2.31. The first-order valence-electron chi connectivity index (χ1n) is 9.74. The van der Waals surface area contributed by atoms with Crippen molar-refractivity contribution in [3.05, 3.63) is 52.1 Å². The van der Waals surface area contributed by atoms with Crippen LogP contribution in [0.5, 0.6) is 5.75 Å². The molecule has 0 bridgehead atoms. The highest BCUT2D eigenvalue weighted by molar-refractivity contribution is 5.68. The monoisotopic (exact) mass is 618 g/mol. The molecule has 2 aromatic rings. The number of halogens is 16. The molecule has 2 aromatic carbocycles. The number of rotatable bonds is 11. The molecule has 0 unspecified atom stereocenters. The van der Waals surface area contributed by atoms with Crippen LogP contribution >= 0.6 is 0 Å². The van der Waals surface area contributed by atoms with Crippen molar-refractivity contribution in [2.24, 2.45) is 0 Å². The summed E-state index contributed by atoms with van der Waals surface area (Å²) in [4.78, 5) is 0. The predicted molar refractivity (Wildman–Crippen MR) is 95.6 cm³/mol. The van der Waals surface area contributed by atoms with E-state index >= 15 is 0 Å². The molecule has 0 spiro atoms. The second-order valence-corrected chi connectivity index (χ2v) is 7.45. The fraction of sp³-hybridized carbons (Fsp3) is 0.400. The lowest BCUT2D eigenvalue weighted by Crippen LogP contribution is -2.53.